The van der Waals surface area contributed by atoms with E-state index in [0.29, 0.717) is 5.04 Å². The number of hydrogen-bond donors (Lipinski definition) is 0. The highest BCUT2D eigenvalue weighted by Crippen LogP contribution is 2.35. The van der Waals surface area contributed by atoms with Gasteiger partial charge in [-0.15, -0.1) is 0 Å². The van der Waals surface area contributed by atoms with Crippen molar-refractivity contribution in [3.63, 3.8) is 0 Å². The van der Waals surface area contributed by atoms with Crippen LogP contribution in [0.3, 0.4) is 0 Å². The van der Waals surface area contributed by atoms with E-state index in [9.17, 15) is 8.42 Å². The van der Waals surface area contributed by atoms with Gasteiger partial charge in [-0.05, 0) is 36.6 Å². The van der Waals surface area contributed by atoms with Gasteiger partial charge in [0.1, 0.15) is 5.04 Å². The molecule has 18 heavy (non-hydrogen) atoms. The maximum Gasteiger partial charge on any atom is 0.325 e. The van der Waals surface area contributed by atoms with Gasteiger partial charge >= 0.3 is 10.1 Å². The van der Waals surface area contributed by atoms with Crippen LogP contribution in [0.2, 0.25) is 0 Å². The second-order valence-electron chi connectivity index (χ2n) is 3.97. The summed E-state index contributed by atoms with van der Waals surface area (Å²) in [6.07, 6.45) is 11.7. The molecule has 0 N–H and O–H groups in total. The lowest BCUT2D eigenvalue weighted by Gasteiger charge is -2.11. The van der Waals surface area contributed by atoms with E-state index in [1.807, 2.05) is 12.2 Å². The predicted octanol–water partition coefficient (Wildman–Crippen LogP) is 2.74. The third kappa shape index (κ3) is 3.36. The fraction of sp³-hybridized carbons (Fsp3) is 0.250. The molecule has 2 aliphatic rings. The number of rotatable bonds is 2. The Morgan fingerprint density at radius 3 is 2.83 bits per heavy atom. The molecule has 0 unspecified atom stereocenters. The molecular weight excluding hydrogens is 270 g/mol. The Balaban J connectivity index is 2.15. The molecule has 0 saturated heterocycles. The van der Waals surface area contributed by atoms with E-state index in [1.165, 1.54) is 22.9 Å². The second kappa shape index (κ2) is 5.16. The lowest BCUT2D eigenvalue weighted by molar-refractivity contribution is 0.345. The number of nitrogens with zero attached hydrogens (tertiary/aromatic N) is 1. The van der Waals surface area contributed by atoms with Crippen LogP contribution in [0.4, 0.5) is 0 Å². The lowest BCUT2D eigenvalue weighted by Crippen LogP contribution is -1.98. The van der Waals surface area contributed by atoms with Gasteiger partial charge in [-0.25, -0.2) is 0 Å². The summed E-state index contributed by atoms with van der Waals surface area (Å²) in [6.45, 7) is 2.06. The Kier molecular flexibility index (Phi) is 3.77. The molecule has 0 saturated carbocycles. The molecule has 0 aromatic heterocycles. The van der Waals surface area contributed by atoms with Crippen LogP contribution in [0, 0.1) is 0 Å². The van der Waals surface area contributed by atoms with E-state index in [4.69, 9.17) is 0 Å². The molecule has 96 valence electrons. The minimum absolute atomic E-state index is 0.547. The summed E-state index contributed by atoms with van der Waals surface area (Å²) < 4.78 is 26.1. The van der Waals surface area contributed by atoms with E-state index in [0.717, 1.165) is 17.6 Å². The molecule has 1 aliphatic carbocycles. The van der Waals surface area contributed by atoms with Crippen LogP contribution in [0.5, 0.6) is 0 Å². The van der Waals surface area contributed by atoms with Crippen molar-refractivity contribution >= 4 is 26.9 Å². The highest BCUT2D eigenvalue weighted by molar-refractivity contribution is 8.18. The van der Waals surface area contributed by atoms with Crippen LogP contribution in [-0.4, -0.2) is 19.7 Å². The largest absolute Gasteiger partial charge is 0.325 e. The molecule has 4 nitrogen and oxygen atoms in total. The normalized spacial score (nSPS) is 25.7. The topological polar surface area (TPSA) is 55.7 Å². The van der Waals surface area contributed by atoms with Crippen molar-refractivity contribution < 1.29 is 12.7 Å². The van der Waals surface area contributed by atoms with Crippen molar-refractivity contribution in [3.05, 3.63) is 46.4 Å². The fourth-order valence-corrected chi connectivity index (χ4v) is 2.80. The molecule has 0 aromatic carbocycles. The van der Waals surface area contributed by atoms with Gasteiger partial charge in [0.2, 0.25) is 0 Å². The highest BCUT2D eigenvalue weighted by atomic mass is 32.2. The Morgan fingerprint density at radius 2 is 2.17 bits per heavy atom. The van der Waals surface area contributed by atoms with Gasteiger partial charge in [0.25, 0.3) is 0 Å². The molecule has 0 bridgehead atoms. The molecule has 1 heterocycles. The molecule has 2 rings (SSSR count). The number of thioether (sulfide) groups is 1. The summed E-state index contributed by atoms with van der Waals surface area (Å²) in [6, 6.07) is 0. The SMILES string of the molecule is CC1=CC=CCC1=C1C=CC(=NOS(C)(=O)=O)S1. The Bertz CT molecular complexity index is 607. The number of oxime groups is 1. The van der Waals surface area contributed by atoms with Crippen LogP contribution in [0.25, 0.3) is 0 Å². The maximum atomic E-state index is 10.8. The first-order valence-corrected chi connectivity index (χ1v) is 7.98. The van der Waals surface area contributed by atoms with Crippen LogP contribution in [0.15, 0.2) is 51.6 Å². The number of allylic oxidation sites excluding steroid dienone is 6. The van der Waals surface area contributed by atoms with Crippen molar-refractivity contribution in [3.8, 4) is 0 Å². The van der Waals surface area contributed by atoms with Gasteiger partial charge in [0.05, 0.1) is 6.26 Å². The molecule has 0 atom stereocenters. The molecule has 0 fully saturated rings. The second-order valence-corrected chi connectivity index (χ2v) is 6.59. The maximum absolute atomic E-state index is 10.8. The van der Waals surface area contributed by atoms with Gasteiger partial charge in [-0.1, -0.05) is 35.1 Å². The molecule has 1 aliphatic heterocycles. The molecule has 0 spiro atoms. The summed E-state index contributed by atoms with van der Waals surface area (Å²) in [5.41, 5.74) is 2.46. The van der Waals surface area contributed by atoms with Crippen molar-refractivity contribution in [2.45, 2.75) is 13.3 Å². The van der Waals surface area contributed by atoms with Gasteiger partial charge in [0.15, 0.2) is 0 Å². The zero-order chi connectivity index (χ0) is 13.2. The lowest BCUT2D eigenvalue weighted by atomic mass is 9.99. The summed E-state index contributed by atoms with van der Waals surface area (Å²) in [4.78, 5) is 1.09. The quantitative estimate of drug-likeness (QED) is 0.731. The van der Waals surface area contributed by atoms with E-state index in [-0.39, 0.29) is 0 Å². The Hall–Kier alpha value is -1.27. The predicted molar refractivity (Wildman–Crippen MR) is 74.6 cm³/mol. The van der Waals surface area contributed by atoms with Gasteiger partial charge in [-0.3, -0.25) is 4.28 Å². The standard InChI is InChI=1S/C12H13NO3S2/c1-9-5-3-4-6-10(9)11-7-8-12(17-11)13-16-18(2,14)15/h3-5,7-8H,6H2,1-2H3. The zero-order valence-electron chi connectivity index (χ0n) is 10.1. The van der Waals surface area contributed by atoms with Crippen LogP contribution in [-0.2, 0) is 14.4 Å². The Morgan fingerprint density at radius 1 is 1.39 bits per heavy atom. The first kappa shape index (κ1) is 13.2. The molecule has 0 radical (unpaired) electrons. The van der Waals surface area contributed by atoms with Crippen LogP contribution < -0.4 is 0 Å². The first-order valence-electron chi connectivity index (χ1n) is 5.35. The summed E-state index contributed by atoms with van der Waals surface area (Å²) in [7, 11) is -3.54. The third-order valence-corrected chi connectivity index (χ3v) is 3.80. The molecule has 0 aromatic rings. The third-order valence-electron chi connectivity index (χ3n) is 2.43. The Labute approximate surface area is 111 Å². The van der Waals surface area contributed by atoms with Gasteiger partial charge in [0, 0.05) is 4.91 Å². The number of hydrogen-bond acceptors (Lipinski definition) is 5. The van der Waals surface area contributed by atoms with Crippen molar-refractivity contribution in [1.82, 2.24) is 0 Å². The molecular formula is C12H13NO3S2. The van der Waals surface area contributed by atoms with E-state index in [2.05, 4.69) is 28.5 Å². The zero-order valence-corrected chi connectivity index (χ0v) is 11.7. The summed E-state index contributed by atoms with van der Waals surface area (Å²) >= 11 is 1.42. The average Bonchev–Trinajstić information content (AvgIpc) is 2.75. The first-order chi connectivity index (χ1) is 8.46. The van der Waals surface area contributed by atoms with Gasteiger partial charge < -0.3 is 0 Å². The van der Waals surface area contributed by atoms with E-state index in [1.54, 1.807) is 6.08 Å². The van der Waals surface area contributed by atoms with E-state index >= 15 is 0 Å². The average molecular weight is 283 g/mol. The molecule has 0 amide bonds. The monoisotopic (exact) mass is 283 g/mol. The summed E-state index contributed by atoms with van der Waals surface area (Å²) in [5, 5.41) is 4.14. The van der Waals surface area contributed by atoms with Gasteiger partial charge in [-0.2, -0.15) is 8.42 Å². The van der Waals surface area contributed by atoms with Crippen LogP contribution in [0.1, 0.15) is 13.3 Å². The van der Waals surface area contributed by atoms with E-state index < -0.39 is 10.1 Å². The fourth-order valence-electron chi connectivity index (χ4n) is 1.60. The van der Waals surface area contributed by atoms with Crippen molar-refractivity contribution in [2.24, 2.45) is 5.16 Å². The minimum atomic E-state index is -3.54. The van der Waals surface area contributed by atoms with Crippen LogP contribution >= 0.6 is 11.8 Å². The van der Waals surface area contributed by atoms with Crippen molar-refractivity contribution in [1.29, 1.82) is 0 Å². The smallest absolute Gasteiger partial charge is 0.268 e. The minimum Gasteiger partial charge on any atom is -0.268 e. The molecule has 6 heteroatoms. The highest BCUT2D eigenvalue weighted by Gasteiger charge is 2.16. The summed E-state index contributed by atoms with van der Waals surface area (Å²) in [5.74, 6) is 0. The van der Waals surface area contributed by atoms with Crippen molar-refractivity contribution in [2.75, 3.05) is 6.26 Å².